The maximum absolute atomic E-state index is 12.1. The van der Waals surface area contributed by atoms with Gasteiger partial charge in [0.1, 0.15) is 5.69 Å². The van der Waals surface area contributed by atoms with Crippen molar-refractivity contribution in [3.8, 4) is 0 Å². The summed E-state index contributed by atoms with van der Waals surface area (Å²) < 4.78 is 9.97. The molecule has 0 aliphatic heterocycles. The topological polar surface area (TPSA) is 128 Å². The Labute approximate surface area is 141 Å². The molecule has 9 nitrogen and oxygen atoms in total. The highest BCUT2D eigenvalue weighted by molar-refractivity contribution is 6.06. The number of nitrogens with zero attached hydrogens (tertiary/aromatic N) is 1. The van der Waals surface area contributed by atoms with Crippen molar-refractivity contribution >= 4 is 28.9 Å². The van der Waals surface area contributed by atoms with Gasteiger partial charge in [-0.1, -0.05) is 0 Å². The molecule has 0 aliphatic carbocycles. The predicted octanol–water partition coefficient (Wildman–Crippen LogP) is 2.96. The van der Waals surface area contributed by atoms with Gasteiger partial charge < -0.3 is 19.5 Å². The molecular formula is C16H13N3O6. The molecule has 0 aliphatic rings. The first-order chi connectivity index (χ1) is 12.0. The molecule has 2 heterocycles. The quantitative estimate of drug-likeness (QED) is 0.524. The predicted molar refractivity (Wildman–Crippen MR) is 85.8 cm³/mol. The van der Waals surface area contributed by atoms with E-state index in [4.69, 9.17) is 8.83 Å². The van der Waals surface area contributed by atoms with Crippen LogP contribution in [0.3, 0.4) is 0 Å². The van der Waals surface area contributed by atoms with Crippen molar-refractivity contribution in [3.63, 3.8) is 0 Å². The Morgan fingerprint density at radius 2 is 1.48 bits per heavy atom. The Kier molecular flexibility index (Phi) is 4.50. The molecule has 0 saturated carbocycles. The fraction of sp³-hybridized carbons (Fsp3) is 0. The Morgan fingerprint density at radius 3 is 2.00 bits per heavy atom. The Morgan fingerprint density at radius 1 is 0.880 bits per heavy atom. The first-order valence-electron chi connectivity index (χ1n) is 7.06. The Balaban J connectivity index is 1.84. The average Bonchev–Trinajstić information content (AvgIpc) is 3.28. The monoisotopic (exact) mass is 343 g/mol. The van der Waals surface area contributed by atoms with Gasteiger partial charge in [-0.3, -0.25) is 20.0 Å². The van der Waals surface area contributed by atoms with Gasteiger partial charge in [0.2, 0.25) is 0 Å². The number of furan rings is 2. The van der Waals surface area contributed by atoms with Crippen molar-refractivity contribution in [3.05, 3.63) is 66.5 Å². The van der Waals surface area contributed by atoms with Gasteiger partial charge in [-0.05, 0) is 42.5 Å². The molecule has 0 bridgehead atoms. The van der Waals surface area contributed by atoms with E-state index in [-0.39, 0.29) is 28.1 Å². The van der Waals surface area contributed by atoms with E-state index in [1.807, 2.05) is 0 Å². The third-order valence-electron chi connectivity index (χ3n) is 3.21. The highest BCUT2D eigenvalue weighted by Crippen LogP contribution is 2.28. The molecule has 4 N–H and O–H groups in total. The Hall–Kier alpha value is -3.56. The first kappa shape index (κ1) is 16.3. The van der Waals surface area contributed by atoms with Gasteiger partial charge in [0.15, 0.2) is 11.5 Å². The number of carbonyl (C=O) groups is 2. The van der Waals surface area contributed by atoms with Crippen LogP contribution in [-0.4, -0.2) is 22.2 Å². The molecule has 128 valence electrons. The zero-order chi connectivity index (χ0) is 17.8. The van der Waals surface area contributed by atoms with E-state index < -0.39 is 11.8 Å². The number of amides is 2. The third kappa shape index (κ3) is 3.68. The van der Waals surface area contributed by atoms with Gasteiger partial charge in [0.05, 0.1) is 18.2 Å². The van der Waals surface area contributed by atoms with Crippen LogP contribution in [0.2, 0.25) is 0 Å². The van der Waals surface area contributed by atoms with Gasteiger partial charge in [-0.15, -0.1) is 5.23 Å². The van der Waals surface area contributed by atoms with E-state index in [9.17, 15) is 20.0 Å². The summed E-state index contributed by atoms with van der Waals surface area (Å²) in [6, 6.07) is 10.1. The molecule has 3 aromatic rings. The number of carbonyl (C=O) groups excluding carboxylic acids is 2. The van der Waals surface area contributed by atoms with Gasteiger partial charge in [-0.2, -0.15) is 0 Å². The molecule has 9 heteroatoms. The van der Waals surface area contributed by atoms with E-state index in [1.54, 1.807) is 12.1 Å². The lowest BCUT2D eigenvalue weighted by Gasteiger charge is -2.15. The lowest BCUT2D eigenvalue weighted by molar-refractivity contribution is 0.0296. The molecule has 3 rings (SSSR count). The van der Waals surface area contributed by atoms with Crippen LogP contribution in [0.25, 0.3) is 0 Å². The molecule has 25 heavy (non-hydrogen) atoms. The summed E-state index contributed by atoms with van der Waals surface area (Å²) in [5, 5.41) is 23.5. The maximum atomic E-state index is 12.1. The van der Waals surface area contributed by atoms with Crippen molar-refractivity contribution in [2.45, 2.75) is 0 Å². The second kappa shape index (κ2) is 6.91. The van der Waals surface area contributed by atoms with E-state index in [2.05, 4.69) is 10.6 Å². The first-order valence-corrected chi connectivity index (χ1v) is 7.06. The summed E-state index contributed by atoms with van der Waals surface area (Å²) in [5.41, 5.74) is 0.251. The van der Waals surface area contributed by atoms with Crippen LogP contribution in [0, 0.1) is 0 Å². The van der Waals surface area contributed by atoms with Crippen molar-refractivity contribution in [1.29, 1.82) is 0 Å². The van der Waals surface area contributed by atoms with Gasteiger partial charge in [0.25, 0.3) is 11.8 Å². The maximum Gasteiger partial charge on any atom is 0.291 e. The van der Waals surface area contributed by atoms with Crippen LogP contribution in [0.5, 0.6) is 0 Å². The summed E-state index contributed by atoms with van der Waals surface area (Å²) in [4.78, 5) is 24.1. The lowest BCUT2D eigenvalue weighted by atomic mass is 10.2. The van der Waals surface area contributed by atoms with Crippen LogP contribution in [0.1, 0.15) is 21.1 Å². The summed E-state index contributed by atoms with van der Waals surface area (Å²) in [6.07, 6.45) is 2.70. The molecule has 2 amide bonds. The number of nitrogens with one attached hydrogen (secondary N) is 2. The highest BCUT2D eigenvalue weighted by atomic mass is 16.8. The minimum atomic E-state index is -0.595. The number of hydrogen-bond donors (Lipinski definition) is 4. The van der Waals surface area contributed by atoms with Crippen LogP contribution in [-0.2, 0) is 0 Å². The molecule has 0 atom stereocenters. The lowest BCUT2D eigenvalue weighted by Crippen LogP contribution is -2.18. The number of benzene rings is 1. The largest absolute Gasteiger partial charge is 0.459 e. The zero-order valence-corrected chi connectivity index (χ0v) is 12.7. The molecule has 0 saturated heterocycles. The minimum absolute atomic E-state index is 0.0402. The van der Waals surface area contributed by atoms with Crippen molar-refractivity contribution in [2.24, 2.45) is 0 Å². The Bertz CT molecular complexity index is 871. The van der Waals surface area contributed by atoms with Crippen LogP contribution >= 0.6 is 0 Å². The van der Waals surface area contributed by atoms with E-state index in [0.29, 0.717) is 5.69 Å². The van der Waals surface area contributed by atoms with Gasteiger partial charge >= 0.3 is 0 Å². The fourth-order valence-corrected chi connectivity index (χ4v) is 2.08. The third-order valence-corrected chi connectivity index (χ3v) is 3.21. The normalized spacial score (nSPS) is 10.3. The van der Waals surface area contributed by atoms with Crippen LogP contribution < -0.4 is 15.9 Å². The molecular weight excluding hydrogens is 330 g/mol. The second-order valence-corrected chi connectivity index (χ2v) is 4.88. The zero-order valence-electron chi connectivity index (χ0n) is 12.7. The highest BCUT2D eigenvalue weighted by Gasteiger charge is 2.16. The summed E-state index contributed by atoms with van der Waals surface area (Å²) >= 11 is 0. The summed E-state index contributed by atoms with van der Waals surface area (Å²) in [5.74, 6) is -0.942. The summed E-state index contributed by atoms with van der Waals surface area (Å²) in [7, 11) is 0. The molecule has 0 fully saturated rings. The van der Waals surface area contributed by atoms with Crippen LogP contribution in [0.15, 0.2) is 63.8 Å². The van der Waals surface area contributed by atoms with Crippen molar-refractivity contribution < 1.29 is 28.8 Å². The number of hydrogen-bond acceptors (Lipinski definition) is 7. The molecule has 0 spiro atoms. The SMILES string of the molecule is O=C(Nc1ccc(N(O)O)c(NC(=O)c2ccco2)c1)c1ccco1. The second-order valence-electron chi connectivity index (χ2n) is 4.88. The standard InChI is InChI=1S/C16H13N3O6/c20-15(13-3-1-7-24-13)17-10-5-6-12(19(22)23)11(9-10)18-16(21)14-4-2-8-25-14/h1-9,22-23H,(H,17,20)(H,18,21). The molecule has 0 unspecified atom stereocenters. The fourth-order valence-electron chi connectivity index (χ4n) is 2.08. The molecule has 0 radical (unpaired) electrons. The van der Waals surface area contributed by atoms with E-state index in [1.165, 1.54) is 42.9 Å². The number of anilines is 3. The van der Waals surface area contributed by atoms with E-state index >= 15 is 0 Å². The number of rotatable bonds is 5. The van der Waals surface area contributed by atoms with Crippen molar-refractivity contribution in [1.82, 2.24) is 0 Å². The summed E-state index contributed by atoms with van der Waals surface area (Å²) in [6.45, 7) is 0. The van der Waals surface area contributed by atoms with Crippen LogP contribution in [0.4, 0.5) is 17.1 Å². The van der Waals surface area contributed by atoms with E-state index in [0.717, 1.165) is 0 Å². The molecule has 2 aromatic heterocycles. The van der Waals surface area contributed by atoms with Gasteiger partial charge in [0, 0.05) is 5.69 Å². The van der Waals surface area contributed by atoms with Crippen molar-refractivity contribution in [2.75, 3.05) is 15.9 Å². The van der Waals surface area contributed by atoms with Gasteiger partial charge in [-0.25, -0.2) is 0 Å². The smallest absolute Gasteiger partial charge is 0.291 e. The average molecular weight is 343 g/mol. The minimum Gasteiger partial charge on any atom is -0.459 e. The molecule has 1 aromatic carbocycles.